The topological polar surface area (TPSA) is 76.7 Å². The van der Waals surface area contributed by atoms with Crippen molar-refractivity contribution in [2.75, 3.05) is 37.9 Å². The maximum absolute atomic E-state index is 10.2. The van der Waals surface area contributed by atoms with E-state index >= 15 is 0 Å². The van der Waals surface area contributed by atoms with Crippen LogP contribution in [0.2, 0.25) is 0 Å². The fraction of sp³-hybridized carbons (Fsp3) is 0.600. The van der Waals surface area contributed by atoms with Crippen molar-refractivity contribution in [3.05, 3.63) is 18.2 Å². The van der Waals surface area contributed by atoms with Crippen LogP contribution in [0.25, 0.3) is 0 Å². The van der Waals surface area contributed by atoms with Crippen LogP contribution in [0, 0.1) is 0 Å². The average Bonchev–Trinajstić information content (AvgIpc) is 2.40. The van der Waals surface area contributed by atoms with Gasteiger partial charge in [0.2, 0.25) is 0 Å². The van der Waals surface area contributed by atoms with Gasteiger partial charge in [-0.15, -0.1) is 0 Å². The van der Waals surface area contributed by atoms with E-state index in [1.54, 1.807) is 20.1 Å². The fourth-order valence-corrected chi connectivity index (χ4v) is 1.73. The third-order valence-electron chi connectivity index (χ3n) is 2.92. The smallest absolute Gasteiger partial charge is 0.123 e. The summed E-state index contributed by atoms with van der Waals surface area (Å²) in [5.41, 5.74) is 6.50. The maximum Gasteiger partial charge on any atom is 0.123 e. The zero-order chi connectivity index (χ0) is 15.0. The number of hydrogen-bond donors (Lipinski definition) is 3. The molecule has 0 radical (unpaired) electrons. The number of hydrogen-bond acceptors (Lipinski definition) is 5. The molecule has 1 atom stereocenters. The van der Waals surface area contributed by atoms with Gasteiger partial charge in [0, 0.05) is 50.2 Å². The predicted octanol–water partition coefficient (Wildman–Crippen LogP) is 2.26. The van der Waals surface area contributed by atoms with Crippen LogP contribution in [-0.4, -0.2) is 37.6 Å². The Bertz CT molecular complexity index is 408. The highest BCUT2D eigenvalue weighted by atomic mass is 16.5. The lowest BCUT2D eigenvalue weighted by Crippen LogP contribution is -2.34. The second kappa shape index (κ2) is 7.97. The number of aliphatic hydroxyl groups is 1. The number of ether oxygens (including phenoxy) is 2. The van der Waals surface area contributed by atoms with E-state index in [-0.39, 0.29) is 0 Å². The highest BCUT2D eigenvalue weighted by molar-refractivity contribution is 5.59. The molecule has 0 amide bonds. The minimum Gasteiger partial charge on any atom is -0.493 e. The molecule has 1 aromatic carbocycles. The van der Waals surface area contributed by atoms with Crippen LogP contribution in [0.1, 0.15) is 26.7 Å². The lowest BCUT2D eigenvalue weighted by atomic mass is 10.0. The monoisotopic (exact) mass is 282 g/mol. The summed E-state index contributed by atoms with van der Waals surface area (Å²) in [6.07, 6.45) is 1.52. The zero-order valence-corrected chi connectivity index (χ0v) is 12.6. The van der Waals surface area contributed by atoms with Gasteiger partial charge in [0.25, 0.3) is 0 Å². The Balaban J connectivity index is 2.60. The molecule has 0 fully saturated rings. The average molecular weight is 282 g/mol. The van der Waals surface area contributed by atoms with Crippen molar-refractivity contribution in [3.63, 3.8) is 0 Å². The Hall–Kier alpha value is -1.46. The van der Waals surface area contributed by atoms with E-state index in [1.165, 1.54) is 0 Å². The summed E-state index contributed by atoms with van der Waals surface area (Å²) in [6, 6.07) is 5.51. The highest BCUT2D eigenvalue weighted by Crippen LogP contribution is 2.23. The lowest BCUT2D eigenvalue weighted by molar-refractivity contribution is 0.0357. The molecule has 0 saturated carbocycles. The Morgan fingerprint density at radius 1 is 1.30 bits per heavy atom. The second-order valence-corrected chi connectivity index (χ2v) is 5.23. The molecular weight excluding hydrogens is 256 g/mol. The number of nitrogens with one attached hydrogen (secondary N) is 1. The normalized spacial score (nSPS) is 13.8. The molecule has 20 heavy (non-hydrogen) atoms. The van der Waals surface area contributed by atoms with E-state index in [1.807, 2.05) is 12.1 Å². The third-order valence-corrected chi connectivity index (χ3v) is 2.92. The van der Waals surface area contributed by atoms with Gasteiger partial charge in [0.1, 0.15) is 5.75 Å². The van der Waals surface area contributed by atoms with E-state index in [0.29, 0.717) is 31.9 Å². The first-order valence-electron chi connectivity index (χ1n) is 6.95. The first-order chi connectivity index (χ1) is 9.46. The van der Waals surface area contributed by atoms with E-state index in [4.69, 9.17) is 15.2 Å². The Kier molecular flexibility index (Phi) is 6.61. The van der Waals surface area contributed by atoms with Crippen LogP contribution in [0.15, 0.2) is 18.2 Å². The molecule has 114 valence electrons. The zero-order valence-electron chi connectivity index (χ0n) is 12.6. The van der Waals surface area contributed by atoms with Crippen LogP contribution in [-0.2, 0) is 4.74 Å². The van der Waals surface area contributed by atoms with Crippen molar-refractivity contribution in [1.29, 1.82) is 0 Å². The van der Waals surface area contributed by atoms with Crippen LogP contribution < -0.4 is 15.8 Å². The predicted molar refractivity (Wildman–Crippen MR) is 82.2 cm³/mol. The number of anilines is 2. The van der Waals surface area contributed by atoms with Crippen LogP contribution in [0.4, 0.5) is 11.4 Å². The molecule has 5 heteroatoms. The second-order valence-electron chi connectivity index (χ2n) is 5.23. The Labute approximate surface area is 121 Å². The lowest BCUT2D eigenvalue weighted by Gasteiger charge is -2.24. The van der Waals surface area contributed by atoms with Crippen LogP contribution in [0.3, 0.4) is 0 Å². The summed E-state index contributed by atoms with van der Waals surface area (Å²) in [4.78, 5) is 0. The first-order valence-corrected chi connectivity index (χ1v) is 6.95. The number of nitrogens with two attached hydrogens (primary N) is 1. The van der Waals surface area contributed by atoms with Gasteiger partial charge in [0.05, 0.1) is 12.2 Å². The fourth-order valence-electron chi connectivity index (χ4n) is 1.73. The molecule has 0 aliphatic rings. The van der Waals surface area contributed by atoms with Crippen molar-refractivity contribution in [2.45, 2.75) is 32.3 Å². The molecule has 0 aliphatic carbocycles. The summed E-state index contributed by atoms with van der Waals surface area (Å²) >= 11 is 0. The molecule has 0 saturated heterocycles. The molecule has 0 bridgehead atoms. The molecule has 4 N–H and O–H groups in total. The summed E-state index contributed by atoms with van der Waals surface area (Å²) < 4.78 is 10.6. The first kappa shape index (κ1) is 16.6. The van der Waals surface area contributed by atoms with Gasteiger partial charge in [-0.1, -0.05) is 6.92 Å². The van der Waals surface area contributed by atoms with Crippen LogP contribution in [0.5, 0.6) is 5.75 Å². The summed E-state index contributed by atoms with van der Waals surface area (Å²) in [7, 11) is 1.62. The summed E-state index contributed by atoms with van der Waals surface area (Å²) in [5, 5.41) is 13.4. The Morgan fingerprint density at radius 2 is 2.05 bits per heavy atom. The molecule has 1 unspecified atom stereocenters. The molecule has 0 aliphatic heterocycles. The molecule has 1 aromatic rings. The number of nitrogen functional groups attached to an aromatic ring is 1. The molecule has 1 rings (SSSR count). The molecule has 0 spiro atoms. The van der Waals surface area contributed by atoms with Crippen molar-refractivity contribution in [3.8, 4) is 5.75 Å². The van der Waals surface area contributed by atoms with Crippen molar-refractivity contribution in [2.24, 2.45) is 0 Å². The molecule has 0 aromatic heterocycles. The third kappa shape index (κ3) is 6.12. The number of methoxy groups -OCH3 is 1. The highest BCUT2D eigenvalue weighted by Gasteiger charge is 2.19. The van der Waals surface area contributed by atoms with Crippen molar-refractivity contribution < 1.29 is 14.6 Å². The van der Waals surface area contributed by atoms with E-state index in [0.717, 1.165) is 17.9 Å². The van der Waals surface area contributed by atoms with Gasteiger partial charge in [-0.2, -0.15) is 0 Å². The quantitative estimate of drug-likeness (QED) is 0.606. The molecule has 0 heterocycles. The van der Waals surface area contributed by atoms with Crippen molar-refractivity contribution in [1.82, 2.24) is 0 Å². The standard InChI is InChI=1S/C15H26N2O3/c1-4-6-20-14-9-12(16)8-13(10-14)17-11-15(2,18)5-7-19-3/h8-10,17-18H,4-7,11,16H2,1-3H3. The van der Waals surface area contributed by atoms with Crippen LogP contribution >= 0.6 is 0 Å². The SMILES string of the molecule is CCCOc1cc(N)cc(NCC(C)(O)CCOC)c1. The van der Waals surface area contributed by atoms with Gasteiger partial charge in [-0.05, 0) is 19.4 Å². The van der Waals surface area contributed by atoms with E-state index in [9.17, 15) is 5.11 Å². The van der Waals surface area contributed by atoms with Crippen molar-refractivity contribution >= 4 is 11.4 Å². The maximum atomic E-state index is 10.2. The van der Waals surface area contributed by atoms with Gasteiger partial charge in [0.15, 0.2) is 0 Å². The van der Waals surface area contributed by atoms with Gasteiger partial charge >= 0.3 is 0 Å². The number of rotatable bonds is 9. The molecule has 5 nitrogen and oxygen atoms in total. The summed E-state index contributed by atoms with van der Waals surface area (Å²) in [6.45, 7) is 5.44. The minimum absolute atomic E-state index is 0.424. The van der Waals surface area contributed by atoms with Gasteiger partial charge in [-0.25, -0.2) is 0 Å². The molecular formula is C15H26N2O3. The largest absolute Gasteiger partial charge is 0.493 e. The van der Waals surface area contributed by atoms with Gasteiger partial charge < -0.3 is 25.6 Å². The minimum atomic E-state index is -0.828. The summed E-state index contributed by atoms with van der Waals surface area (Å²) in [5.74, 6) is 0.742. The van der Waals surface area contributed by atoms with Gasteiger partial charge in [-0.3, -0.25) is 0 Å². The number of benzene rings is 1. The van der Waals surface area contributed by atoms with E-state index < -0.39 is 5.60 Å². The van der Waals surface area contributed by atoms with E-state index in [2.05, 4.69) is 12.2 Å². The Morgan fingerprint density at radius 3 is 2.70 bits per heavy atom.